The van der Waals surface area contributed by atoms with Crippen LogP contribution in [-0.4, -0.2) is 45.2 Å². The van der Waals surface area contributed by atoms with E-state index in [0.29, 0.717) is 25.6 Å². The molecule has 1 N–H and O–H groups in total. The molecule has 1 amide bonds. The van der Waals surface area contributed by atoms with Crippen molar-refractivity contribution in [2.45, 2.75) is 32.4 Å². The van der Waals surface area contributed by atoms with Crippen molar-refractivity contribution in [1.82, 2.24) is 25.0 Å². The minimum absolute atomic E-state index is 0.0516. The van der Waals surface area contributed by atoms with Gasteiger partial charge in [-0.1, -0.05) is 18.2 Å². The number of fused-ring (bicyclic) bond motifs is 1. The molecule has 1 unspecified atom stereocenters. The molecule has 2 aromatic heterocycles. The summed E-state index contributed by atoms with van der Waals surface area (Å²) in [6, 6.07) is 10.9. The molecule has 0 bridgehead atoms. The number of aromatic nitrogens is 3. The molecule has 0 aliphatic carbocycles. The van der Waals surface area contributed by atoms with E-state index in [0.717, 1.165) is 41.8 Å². The maximum atomic E-state index is 14.0. The summed E-state index contributed by atoms with van der Waals surface area (Å²) in [6.45, 7) is 4.99. The van der Waals surface area contributed by atoms with Gasteiger partial charge in [0.05, 0.1) is 12.2 Å². The van der Waals surface area contributed by atoms with Gasteiger partial charge in [-0.2, -0.15) is 5.10 Å². The molecule has 4 rings (SSSR count). The Bertz CT molecular complexity index is 986. The number of rotatable bonds is 6. The number of hydrogen-bond acceptors (Lipinski definition) is 4. The third-order valence-electron chi connectivity index (χ3n) is 5.24. The van der Waals surface area contributed by atoms with E-state index in [-0.39, 0.29) is 11.7 Å². The van der Waals surface area contributed by atoms with Crippen LogP contribution in [0.4, 0.5) is 4.39 Å². The smallest absolute Gasteiger partial charge is 0.216 e. The maximum Gasteiger partial charge on any atom is 0.216 e. The second-order valence-corrected chi connectivity index (χ2v) is 7.28. The van der Waals surface area contributed by atoms with Crippen LogP contribution in [0.3, 0.4) is 0 Å². The van der Waals surface area contributed by atoms with Crippen molar-refractivity contribution in [1.29, 1.82) is 0 Å². The van der Waals surface area contributed by atoms with Crippen LogP contribution in [-0.2, 0) is 17.9 Å². The SMILES string of the molecule is CC(=O)NCCn1nc(C2CCN(Cc3ccccc3F)C2)c2cccnc21. The van der Waals surface area contributed by atoms with Crippen molar-refractivity contribution in [3.8, 4) is 0 Å². The molecule has 0 saturated carbocycles. The van der Waals surface area contributed by atoms with E-state index >= 15 is 0 Å². The van der Waals surface area contributed by atoms with Crippen LogP contribution in [0.1, 0.15) is 30.5 Å². The molecular formula is C21H24FN5O. The summed E-state index contributed by atoms with van der Waals surface area (Å²) >= 11 is 0. The average Bonchev–Trinajstić information content (AvgIpc) is 3.28. The van der Waals surface area contributed by atoms with Crippen LogP contribution in [0.25, 0.3) is 11.0 Å². The minimum Gasteiger partial charge on any atom is -0.354 e. The molecule has 0 radical (unpaired) electrons. The number of nitrogens with one attached hydrogen (secondary N) is 1. The van der Waals surface area contributed by atoms with Gasteiger partial charge >= 0.3 is 0 Å². The zero-order valence-corrected chi connectivity index (χ0v) is 15.9. The summed E-state index contributed by atoms with van der Waals surface area (Å²) in [5.41, 5.74) is 2.62. The van der Waals surface area contributed by atoms with E-state index in [9.17, 15) is 9.18 Å². The predicted molar refractivity (Wildman–Crippen MR) is 105 cm³/mol. The van der Waals surface area contributed by atoms with Crippen LogP contribution in [0.5, 0.6) is 0 Å². The standard InChI is InChI=1S/C21H24FN5O/c1-15(28)23-10-12-27-21-18(6-4-9-24-21)20(25-27)17-8-11-26(14-17)13-16-5-2-3-7-19(16)22/h2-7,9,17H,8,10-14H2,1H3,(H,23,28). The Morgan fingerprint density at radius 1 is 1.29 bits per heavy atom. The summed E-state index contributed by atoms with van der Waals surface area (Å²) in [6.07, 6.45) is 2.75. The molecule has 1 saturated heterocycles. The lowest BCUT2D eigenvalue weighted by atomic mass is 10.0. The fourth-order valence-electron chi connectivity index (χ4n) is 3.90. The van der Waals surface area contributed by atoms with E-state index < -0.39 is 0 Å². The van der Waals surface area contributed by atoms with Crippen LogP contribution < -0.4 is 5.32 Å². The first kappa shape index (κ1) is 18.6. The minimum atomic E-state index is -0.150. The molecule has 1 aromatic carbocycles. The number of carbonyl (C=O) groups is 1. The quantitative estimate of drug-likeness (QED) is 0.713. The zero-order valence-electron chi connectivity index (χ0n) is 15.9. The topological polar surface area (TPSA) is 63.1 Å². The summed E-state index contributed by atoms with van der Waals surface area (Å²) < 4.78 is 15.8. The number of nitrogens with zero attached hydrogens (tertiary/aromatic N) is 4. The van der Waals surface area contributed by atoms with Crippen molar-refractivity contribution in [2.24, 2.45) is 0 Å². The normalized spacial score (nSPS) is 17.3. The highest BCUT2D eigenvalue weighted by Gasteiger charge is 2.28. The molecule has 6 nitrogen and oxygen atoms in total. The van der Waals surface area contributed by atoms with E-state index in [4.69, 9.17) is 5.10 Å². The van der Waals surface area contributed by atoms with Gasteiger partial charge in [-0.15, -0.1) is 0 Å². The molecule has 1 aliphatic heterocycles. The van der Waals surface area contributed by atoms with Crippen molar-refractivity contribution in [3.63, 3.8) is 0 Å². The Labute approximate surface area is 163 Å². The van der Waals surface area contributed by atoms with Crippen molar-refractivity contribution in [3.05, 3.63) is 59.7 Å². The molecule has 1 atom stereocenters. The fourth-order valence-corrected chi connectivity index (χ4v) is 3.90. The summed E-state index contributed by atoms with van der Waals surface area (Å²) in [5, 5.41) is 8.69. The largest absolute Gasteiger partial charge is 0.354 e. The van der Waals surface area contributed by atoms with Gasteiger partial charge in [0.2, 0.25) is 5.91 Å². The first-order valence-electron chi connectivity index (χ1n) is 9.63. The molecular weight excluding hydrogens is 357 g/mol. The maximum absolute atomic E-state index is 14.0. The van der Waals surface area contributed by atoms with Gasteiger partial charge in [0.25, 0.3) is 0 Å². The van der Waals surface area contributed by atoms with Gasteiger partial charge in [0, 0.05) is 49.6 Å². The number of likely N-dealkylation sites (tertiary alicyclic amines) is 1. The third-order valence-corrected chi connectivity index (χ3v) is 5.24. The summed E-state index contributed by atoms with van der Waals surface area (Å²) in [4.78, 5) is 17.9. The second-order valence-electron chi connectivity index (χ2n) is 7.28. The molecule has 1 fully saturated rings. The van der Waals surface area contributed by atoms with Gasteiger partial charge in [0.15, 0.2) is 5.65 Å². The van der Waals surface area contributed by atoms with Crippen LogP contribution in [0.2, 0.25) is 0 Å². The highest BCUT2D eigenvalue weighted by atomic mass is 19.1. The van der Waals surface area contributed by atoms with Crippen LogP contribution in [0.15, 0.2) is 42.6 Å². The monoisotopic (exact) mass is 381 g/mol. The van der Waals surface area contributed by atoms with Crippen molar-refractivity contribution >= 4 is 16.9 Å². The lowest BCUT2D eigenvalue weighted by molar-refractivity contribution is -0.118. The molecule has 7 heteroatoms. The highest BCUT2D eigenvalue weighted by Crippen LogP contribution is 2.32. The average molecular weight is 381 g/mol. The number of amides is 1. The third kappa shape index (κ3) is 3.89. The first-order chi connectivity index (χ1) is 13.6. The summed E-state index contributed by atoms with van der Waals surface area (Å²) in [7, 11) is 0. The molecule has 146 valence electrons. The van der Waals surface area contributed by atoms with Crippen LogP contribution >= 0.6 is 0 Å². The van der Waals surface area contributed by atoms with Gasteiger partial charge in [-0.3, -0.25) is 9.69 Å². The number of carbonyl (C=O) groups excluding carboxylic acids is 1. The van der Waals surface area contributed by atoms with Crippen LogP contribution in [0, 0.1) is 5.82 Å². The Morgan fingerprint density at radius 2 is 2.14 bits per heavy atom. The molecule has 28 heavy (non-hydrogen) atoms. The summed E-state index contributed by atoms with van der Waals surface area (Å²) in [5.74, 6) is 0.0903. The Hall–Kier alpha value is -2.80. The lowest BCUT2D eigenvalue weighted by Crippen LogP contribution is -2.25. The van der Waals surface area contributed by atoms with E-state index in [1.807, 2.05) is 22.9 Å². The molecule has 1 aliphatic rings. The molecule has 3 aromatic rings. The Kier molecular flexibility index (Phi) is 5.34. The number of benzene rings is 1. The van der Waals surface area contributed by atoms with Gasteiger partial charge in [-0.25, -0.2) is 14.1 Å². The van der Waals surface area contributed by atoms with Crippen molar-refractivity contribution < 1.29 is 9.18 Å². The van der Waals surface area contributed by atoms with Gasteiger partial charge in [-0.05, 0) is 31.2 Å². The number of halogens is 1. The van der Waals surface area contributed by atoms with E-state index in [1.165, 1.54) is 13.0 Å². The molecule has 0 spiro atoms. The van der Waals surface area contributed by atoms with E-state index in [1.54, 1.807) is 12.3 Å². The van der Waals surface area contributed by atoms with E-state index in [2.05, 4.69) is 21.3 Å². The Morgan fingerprint density at radius 3 is 2.96 bits per heavy atom. The molecule has 3 heterocycles. The first-order valence-corrected chi connectivity index (χ1v) is 9.63. The zero-order chi connectivity index (χ0) is 19.5. The lowest BCUT2D eigenvalue weighted by Gasteiger charge is -2.16. The Balaban J connectivity index is 1.51. The highest BCUT2D eigenvalue weighted by molar-refractivity contribution is 5.79. The van der Waals surface area contributed by atoms with Gasteiger partial charge in [0.1, 0.15) is 5.82 Å². The number of hydrogen-bond donors (Lipinski definition) is 1. The number of pyridine rings is 1. The predicted octanol–water partition coefficient (Wildman–Crippen LogP) is 2.70. The second kappa shape index (κ2) is 8.06. The fraction of sp³-hybridized carbons (Fsp3) is 0.381. The van der Waals surface area contributed by atoms with Gasteiger partial charge < -0.3 is 5.32 Å². The van der Waals surface area contributed by atoms with Crippen molar-refractivity contribution in [2.75, 3.05) is 19.6 Å².